The number of anilines is 2. The van der Waals surface area contributed by atoms with Crippen LogP contribution in [0.5, 0.6) is 0 Å². The molecule has 242 valence electrons. The molecule has 0 aliphatic heterocycles. The van der Waals surface area contributed by atoms with Gasteiger partial charge < -0.3 is 4.90 Å². The van der Waals surface area contributed by atoms with Crippen molar-refractivity contribution in [2.75, 3.05) is 4.90 Å². The van der Waals surface area contributed by atoms with Gasteiger partial charge in [0.1, 0.15) is 0 Å². The number of fused-ring (bicyclic) bond motifs is 10. The van der Waals surface area contributed by atoms with Crippen molar-refractivity contribution in [3.63, 3.8) is 0 Å². The highest BCUT2D eigenvalue weighted by molar-refractivity contribution is 5.98. The standard InChI is InChI=1S/C50H37N/c1-3-4-30-48(35(2)36-19-7-5-8-20-36)51(49-31-18-14-23-39(49)37-21-9-6-10-22-37)38-32-33-43-42-26-13-17-29-46(42)50(47(43)34-38)44-27-15-11-24-40(44)41-25-12-16-28-45(41)50/h3-34H,2H2,1H3/b4-3-,48-30+. The van der Waals surface area contributed by atoms with Crippen molar-refractivity contribution >= 4 is 16.9 Å². The van der Waals surface area contributed by atoms with Gasteiger partial charge >= 0.3 is 0 Å². The Bertz CT molecular complexity index is 2440. The predicted molar refractivity (Wildman–Crippen MR) is 215 cm³/mol. The smallest absolute Gasteiger partial charge is 0.0726 e. The number of rotatable bonds is 7. The molecule has 0 saturated carbocycles. The zero-order valence-electron chi connectivity index (χ0n) is 28.6. The van der Waals surface area contributed by atoms with Crippen LogP contribution >= 0.6 is 0 Å². The first-order chi connectivity index (χ1) is 25.2. The molecular formula is C50H37N. The molecule has 0 amide bonds. The minimum atomic E-state index is -0.441. The lowest BCUT2D eigenvalue weighted by Crippen LogP contribution is -2.26. The van der Waals surface area contributed by atoms with E-state index in [0.29, 0.717) is 0 Å². The summed E-state index contributed by atoms with van der Waals surface area (Å²) >= 11 is 0. The van der Waals surface area contributed by atoms with Gasteiger partial charge in [0.15, 0.2) is 0 Å². The molecule has 0 bridgehead atoms. The third kappa shape index (κ3) is 4.70. The van der Waals surface area contributed by atoms with Crippen molar-refractivity contribution in [2.24, 2.45) is 0 Å². The van der Waals surface area contributed by atoms with Crippen molar-refractivity contribution < 1.29 is 0 Å². The third-order valence-electron chi connectivity index (χ3n) is 10.6. The largest absolute Gasteiger partial charge is 0.309 e. The number of hydrogen-bond donors (Lipinski definition) is 0. The minimum absolute atomic E-state index is 0.441. The fraction of sp³-hybridized carbons (Fsp3) is 0.0400. The summed E-state index contributed by atoms with van der Waals surface area (Å²) < 4.78 is 0. The molecule has 1 spiro atoms. The van der Waals surface area contributed by atoms with E-state index in [-0.39, 0.29) is 0 Å². The first-order valence-corrected chi connectivity index (χ1v) is 17.7. The van der Waals surface area contributed by atoms with Gasteiger partial charge in [-0.2, -0.15) is 0 Å². The second-order valence-corrected chi connectivity index (χ2v) is 13.3. The van der Waals surface area contributed by atoms with Crippen LogP contribution in [0.3, 0.4) is 0 Å². The summed E-state index contributed by atoms with van der Waals surface area (Å²) in [5, 5.41) is 0. The van der Waals surface area contributed by atoms with Crippen molar-refractivity contribution in [3.8, 4) is 33.4 Å². The first kappa shape index (κ1) is 30.6. The number of nitrogens with zero attached hydrogens (tertiary/aromatic N) is 1. The molecule has 7 aromatic rings. The van der Waals surface area contributed by atoms with Crippen molar-refractivity contribution in [2.45, 2.75) is 12.3 Å². The normalized spacial score (nSPS) is 13.5. The Hall–Kier alpha value is -6.44. The molecule has 9 rings (SSSR count). The number of hydrogen-bond acceptors (Lipinski definition) is 1. The van der Waals surface area contributed by atoms with Crippen molar-refractivity contribution in [1.82, 2.24) is 0 Å². The summed E-state index contributed by atoms with van der Waals surface area (Å²) in [6.07, 6.45) is 6.41. The monoisotopic (exact) mass is 651 g/mol. The summed E-state index contributed by atoms with van der Waals surface area (Å²) in [5.41, 5.74) is 17.6. The molecule has 0 aromatic heterocycles. The average molecular weight is 652 g/mol. The summed E-state index contributed by atoms with van der Waals surface area (Å²) in [4.78, 5) is 2.42. The molecule has 0 radical (unpaired) electrons. The van der Waals surface area contributed by atoms with E-state index in [1.807, 2.05) is 0 Å². The maximum atomic E-state index is 4.74. The SMILES string of the molecule is C=C(/C(=C\C=C/C)N(c1ccc2c(c1)C1(c3ccccc3-c3ccccc31)c1ccccc1-2)c1ccccc1-c1ccccc1)c1ccccc1. The quantitative estimate of drug-likeness (QED) is 0.155. The van der Waals surface area contributed by atoms with E-state index in [1.165, 1.54) is 44.5 Å². The first-order valence-electron chi connectivity index (χ1n) is 17.7. The molecule has 1 heteroatoms. The van der Waals surface area contributed by atoms with Gasteiger partial charge in [-0.1, -0.05) is 176 Å². The number of para-hydroxylation sites is 1. The van der Waals surface area contributed by atoms with E-state index in [0.717, 1.165) is 39.3 Å². The van der Waals surface area contributed by atoms with E-state index in [9.17, 15) is 0 Å². The second-order valence-electron chi connectivity index (χ2n) is 13.3. The molecule has 2 aliphatic rings. The fourth-order valence-corrected chi connectivity index (χ4v) is 8.44. The summed E-state index contributed by atoms with van der Waals surface area (Å²) in [5.74, 6) is 0. The summed E-state index contributed by atoms with van der Waals surface area (Å²) in [6.45, 7) is 6.81. The maximum Gasteiger partial charge on any atom is 0.0726 e. The lowest BCUT2D eigenvalue weighted by Gasteiger charge is -2.34. The molecule has 0 saturated heterocycles. The van der Waals surface area contributed by atoms with E-state index in [2.05, 4.69) is 206 Å². The number of allylic oxidation sites excluding steroid dienone is 4. The zero-order valence-corrected chi connectivity index (χ0v) is 28.6. The van der Waals surface area contributed by atoms with Crippen LogP contribution in [-0.2, 0) is 5.41 Å². The van der Waals surface area contributed by atoms with Gasteiger partial charge in [0.25, 0.3) is 0 Å². The topological polar surface area (TPSA) is 3.24 Å². The zero-order chi connectivity index (χ0) is 34.4. The average Bonchev–Trinajstić information content (AvgIpc) is 3.67. The molecule has 0 atom stereocenters. The third-order valence-corrected chi connectivity index (χ3v) is 10.6. The van der Waals surface area contributed by atoms with Crippen molar-refractivity contribution in [1.29, 1.82) is 0 Å². The summed E-state index contributed by atoms with van der Waals surface area (Å²) in [7, 11) is 0. The molecule has 0 heterocycles. The Kier molecular flexibility index (Phi) is 7.48. The molecule has 7 aromatic carbocycles. The molecule has 0 N–H and O–H groups in total. The minimum Gasteiger partial charge on any atom is -0.309 e. The van der Waals surface area contributed by atoms with Crippen LogP contribution in [0.1, 0.15) is 34.7 Å². The molecule has 51 heavy (non-hydrogen) atoms. The van der Waals surface area contributed by atoms with Gasteiger partial charge in [-0.15, -0.1) is 0 Å². The predicted octanol–water partition coefficient (Wildman–Crippen LogP) is 13.0. The Morgan fingerprint density at radius 1 is 0.510 bits per heavy atom. The Balaban J connectivity index is 1.35. The van der Waals surface area contributed by atoms with Gasteiger partial charge in [0, 0.05) is 11.3 Å². The van der Waals surface area contributed by atoms with E-state index >= 15 is 0 Å². The Labute approximate surface area is 300 Å². The van der Waals surface area contributed by atoms with Gasteiger partial charge in [-0.3, -0.25) is 0 Å². The van der Waals surface area contributed by atoms with Crippen LogP contribution in [0.2, 0.25) is 0 Å². The van der Waals surface area contributed by atoms with E-state index in [4.69, 9.17) is 6.58 Å². The van der Waals surface area contributed by atoms with Crippen LogP contribution in [0.25, 0.3) is 39.0 Å². The Morgan fingerprint density at radius 2 is 1.00 bits per heavy atom. The molecule has 0 fully saturated rings. The second kappa shape index (κ2) is 12.5. The lowest BCUT2D eigenvalue weighted by atomic mass is 9.70. The van der Waals surface area contributed by atoms with Crippen LogP contribution < -0.4 is 4.90 Å². The van der Waals surface area contributed by atoms with E-state index < -0.39 is 5.41 Å². The van der Waals surface area contributed by atoms with Gasteiger partial charge in [-0.05, 0) is 92.4 Å². The van der Waals surface area contributed by atoms with Gasteiger partial charge in [0.05, 0.1) is 16.8 Å². The maximum absolute atomic E-state index is 4.74. The fourth-order valence-electron chi connectivity index (χ4n) is 8.44. The van der Waals surface area contributed by atoms with Crippen LogP contribution in [0.4, 0.5) is 11.4 Å². The van der Waals surface area contributed by atoms with Gasteiger partial charge in [-0.25, -0.2) is 0 Å². The molecular weight excluding hydrogens is 615 g/mol. The van der Waals surface area contributed by atoms with Crippen LogP contribution in [0, 0.1) is 0 Å². The van der Waals surface area contributed by atoms with Crippen molar-refractivity contribution in [3.05, 3.63) is 234 Å². The molecule has 0 unspecified atom stereocenters. The van der Waals surface area contributed by atoms with Crippen LogP contribution in [0.15, 0.2) is 206 Å². The highest BCUT2D eigenvalue weighted by Crippen LogP contribution is 2.63. The summed E-state index contributed by atoms with van der Waals surface area (Å²) in [6, 6.07) is 64.0. The van der Waals surface area contributed by atoms with Gasteiger partial charge in [0.2, 0.25) is 0 Å². The highest BCUT2D eigenvalue weighted by Gasteiger charge is 2.51. The van der Waals surface area contributed by atoms with E-state index in [1.54, 1.807) is 0 Å². The molecule has 2 aliphatic carbocycles. The molecule has 1 nitrogen and oxygen atoms in total. The van der Waals surface area contributed by atoms with Crippen LogP contribution in [-0.4, -0.2) is 0 Å². The number of benzene rings is 7. The lowest BCUT2D eigenvalue weighted by molar-refractivity contribution is 0.793. The highest BCUT2D eigenvalue weighted by atomic mass is 15.2. The Morgan fingerprint density at radius 3 is 1.59 bits per heavy atom.